The second kappa shape index (κ2) is 12.0. The van der Waals surface area contributed by atoms with E-state index in [1.165, 1.54) is 5.56 Å². The van der Waals surface area contributed by atoms with E-state index in [2.05, 4.69) is 54.5 Å². The zero-order valence-electron chi connectivity index (χ0n) is 17.5. The van der Waals surface area contributed by atoms with Gasteiger partial charge in [0.2, 0.25) is 0 Å². The minimum absolute atomic E-state index is 0. The van der Waals surface area contributed by atoms with E-state index in [1.807, 2.05) is 24.3 Å². The van der Waals surface area contributed by atoms with Crippen LogP contribution < -0.4 is 10.1 Å². The van der Waals surface area contributed by atoms with Crippen LogP contribution in [-0.4, -0.2) is 44.7 Å². The molecule has 0 aliphatic carbocycles. The topological polar surface area (TPSA) is 46.1 Å². The van der Waals surface area contributed by atoms with E-state index in [1.54, 1.807) is 7.11 Å². The number of methoxy groups -OCH3 is 1. The third-order valence-corrected chi connectivity index (χ3v) is 5.11. The summed E-state index contributed by atoms with van der Waals surface area (Å²) in [5, 5.41) is 3.41. The second-order valence-electron chi connectivity index (χ2n) is 7.11. The Bertz CT molecular complexity index is 770. The number of benzene rings is 2. The molecule has 0 radical (unpaired) electrons. The van der Waals surface area contributed by atoms with Gasteiger partial charge in [0.05, 0.1) is 13.2 Å². The summed E-state index contributed by atoms with van der Waals surface area (Å²) in [6.45, 7) is 5.21. The van der Waals surface area contributed by atoms with Crippen LogP contribution in [0.25, 0.3) is 0 Å². The number of aliphatic imine (C=N–C) groups is 1. The highest BCUT2D eigenvalue weighted by molar-refractivity contribution is 14.0. The number of rotatable bonds is 7. The first-order valence-corrected chi connectivity index (χ1v) is 10.0. The Kier molecular flexibility index (Phi) is 9.73. The van der Waals surface area contributed by atoms with Crippen molar-refractivity contribution in [3.8, 4) is 5.75 Å². The molecule has 1 aliphatic heterocycles. The molecule has 3 rings (SSSR count). The lowest BCUT2D eigenvalue weighted by Gasteiger charge is -2.24. The van der Waals surface area contributed by atoms with Gasteiger partial charge >= 0.3 is 0 Å². The average Bonchev–Trinajstić information content (AvgIpc) is 3.20. The molecule has 5 nitrogen and oxygen atoms in total. The highest BCUT2D eigenvalue weighted by Gasteiger charge is 2.29. The Morgan fingerprint density at radius 1 is 1.17 bits per heavy atom. The van der Waals surface area contributed by atoms with Crippen molar-refractivity contribution < 1.29 is 9.47 Å². The lowest BCUT2D eigenvalue weighted by atomic mass is 9.95. The van der Waals surface area contributed by atoms with Gasteiger partial charge in [-0.15, -0.1) is 24.0 Å². The number of guanidine groups is 1. The Morgan fingerprint density at radius 3 is 2.62 bits per heavy atom. The molecule has 1 aliphatic rings. The van der Waals surface area contributed by atoms with Crippen LogP contribution in [0.15, 0.2) is 59.6 Å². The van der Waals surface area contributed by atoms with Crippen LogP contribution >= 0.6 is 24.0 Å². The van der Waals surface area contributed by atoms with Crippen molar-refractivity contribution in [2.75, 3.05) is 33.9 Å². The molecule has 0 saturated carbocycles. The van der Waals surface area contributed by atoms with E-state index >= 15 is 0 Å². The van der Waals surface area contributed by atoms with Crippen LogP contribution in [0.1, 0.15) is 30.6 Å². The van der Waals surface area contributed by atoms with Crippen LogP contribution in [0.4, 0.5) is 0 Å². The van der Waals surface area contributed by atoms with Gasteiger partial charge in [-0.2, -0.15) is 0 Å². The predicted octanol–water partition coefficient (Wildman–Crippen LogP) is 4.49. The first-order chi connectivity index (χ1) is 13.7. The molecule has 6 heteroatoms. The molecule has 0 amide bonds. The average molecular weight is 509 g/mol. The summed E-state index contributed by atoms with van der Waals surface area (Å²) < 4.78 is 11.5. The van der Waals surface area contributed by atoms with Crippen LogP contribution in [0.2, 0.25) is 0 Å². The van der Waals surface area contributed by atoms with Gasteiger partial charge in [0, 0.05) is 44.8 Å². The van der Waals surface area contributed by atoms with Gasteiger partial charge in [-0.3, -0.25) is 4.99 Å². The van der Waals surface area contributed by atoms with E-state index in [4.69, 9.17) is 14.5 Å². The van der Waals surface area contributed by atoms with Gasteiger partial charge < -0.3 is 19.7 Å². The molecule has 0 spiro atoms. The van der Waals surface area contributed by atoms with Crippen molar-refractivity contribution in [2.24, 2.45) is 10.9 Å². The Labute approximate surface area is 191 Å². The van der Waals surface area contributed by atoms with Crippen molar-refractivity contribution in [3.05, 3.63) is 65.7 Å². The van der Waals surface area contributed by atoms with E-state index < -0.39 is 0 Å². The van der Waals surface area contributed by atoms with Crippen LogP contribution in [0.5, 0.6) is 5.75 Å². The van der Waals surface area contributed by atoms with Gasteiger partial charge in [-0.05, 0) is 25.0 Å². The molecule has 0 bridgehead atoms. The quantitative estimate of drug-likeness (QED) is 0.340. The molecule has 1 heterocycles. The fraction of sp³-hybridized carbons (Fsp3) is 0.435. The molecular weight excluding hydrogens is 477 g/mol. The fourth-order valence-corrected chi connectivity index (χ4v) is 3.67. The third kappa shape index (κ3) is 6.34. The third-order valence-electron chi connectivity index (χ3n) is 5.11. The van der Waals surface area contributed by atoms with Crippen molar-refractivity contribution in [1.82, 2.24) is 10.2 Å². The Hall–Kier alpha value is -1.80. The van der Waals surface area contributed by atoms with E-state index in [0.29, 0.717) is 5.92 Å². The normalized spacial score (nSPS) is 18.8. The Balaban J connectivity index is 0.00000300. The van der Waals surface area contributed by atoms with Gasteiger partial charge in [0.1, 0.15) is 5.75 Å². The predicted molar refractivity (Wildman–Crippen MR) is 129 cm³/mol. The van der Waals surface area contributed by atoms with Crippen molar-refractivity contribution >= 4 is 29.9 Å². The molecule has 2 atom stereocenters. The molecule has 158 valence electrons. The number of hydrogen-bond donors (Lipinski definition) is 1. The molecule has 2 aromatic carbocycles. The van der Waals surface area contributed by atoms with E-state index in [-0.39, 0.29) is 30.1 Å². The summed E-state index contributed by atoms with van der Waals surface area (Å²) in [5.74, 6) is 2.21. The minimum atomic E-state index is 0. The van der Waals surface area contributed by atoms with E-state index in [9.17, 15) is 0 Å². The maximum Gasteiger partial charge on any atom is 0.193 e. The molecular formula is C23H32IN3O2. The lowest BCUT2D eigenvalue weighted by Crippen LogP contribution is -2.39. The summed E-state index contributed by atoms with van der Waals surface area (Å²) in [6.07, 6.45) is 1.17. The van der Waals surface area contributed by atoms with Crippen molar-refractivity contribution in [1.29, 1.82) is 0 Å². The summed E-state index contributed by atoms with van der Waals surface area (Å²) in [7, 11) is 3.77. The smallest absolute Gasteiger partial charge is 0.193 e. The summed E-state index contributed by atoms with van der Waals surface area (Å²) in [6, 6.07) is 18.6. The number of halogens is 1. The first kappa shape index (κ1) is 23.5. The summed E-state index contributed by atoms with van der Waals surface area (Å²) in [4.78, 5) is 7.08. The standard InChI is InChI=1S/C23H31N3O2.HI/c1-4-24-23(26(2)17-20-12-8-9-13-21(20)27-3)25-16-19-14-15-28-22(19)18-10-6-5-7-11-18;/h5-13,19,22H,4,14-17H2,1-3H3,(H,24,25);1H. The molecule has 2 unspecified atom stereocenters. The maximum absolute atomic E-state index is 6.01. The second-order valence-corrected chi connectivity index (χ2v) is 7.11. The molecule has 29 heavy (non-hydrogen) atoms. The monoisotopic (exact) mass is 509 g/mol. The van der Waals surface area contributed by atoms with Crippen LogP contribution in [0.3, 0.4) is 0 Å². The minimum Gasteiger partial charge on any atom is -0.496 e. The highest BCUT2D eigenvalue weighted by atomic mass is 127. The number of nitrogens with one attached hydrogen (secondary N) is 1. The first-order valence-electron chi connectivity index (χ1n) is 10.0. The maximum atomic E-state index is 6.01. The molecule has 2 aromatic rings. The highest BCUT2D eigenvalue weighted by Crippen LogP contribution is 2.34. The van der Waals surface area contributed by atoms with Crippen LogP contribution in [0, 0.1) is 5.92 Å². The number of ether oxygens (including phenoxy) is 2. The summed E-state index contributed by atoms with van der Waals surface area (Å²) >= 11 is 0. The number of hydrogen-bond acceptors (Lipinski definition) is 3. The SMILES string of the molecule is CCNC(=NCC1CCOC1c1ccccc1)N(C)Cc1ccccc1OC.I. The van der Waals surface area contributed by atoms with Gasteiger partial charge in [0.15, 0.2) is 5.96 Å². The molecule has 1 saturated heterocycles. The Morgan fingerprint density at radius 2 is 1.90 bits per heavy atom. The number of para-hydroxylation sites is 1. The van der Waals surface area contributed by atoms with Gasteiger partial charge in [-0.25, -0.2) is 0 Å². The lowest BCUT2D eigenvalue weighted by molar-refractivity contribution is 0.0925. The van der Waals surface area contributed by atoms with Gasteiger partial charge in [-0.1, -0.05) is 48.5 Å². The largest absolute Gasteiger partial charge is 0.496 e. The molecule has 1 N–H and O–H groups in total. The molecule has 1 fully saturated rings. The van der Waals surface area contributed by atoms with Gasteiger partial charge in [0.25, 0.3) is 0 Å². The zero-order chi connectivity index (χ0) is 19.8. The van der Waals surface area contributed by atoms with E-state index in [0.717, 1.165) is 49.9 Å². The van der Waals surface area contributed by atoms with Crippen molar-refractivity contribution in [3.63, 3.8) is 0 Å². The summed E-state index contributed by atoms with van der Waals surface area (Å²) in [5.41, 5.74) is 2.39. The zero-order valence-corrected chi connectivity index (χ0v) is 19.8. The van der Waals surface area contributed by atoms with Crippen LogP contribution in [-0.2, 0) is 11.3 Å². The molecule has 0 aromatic heterocycles. The number of nitrogens with zero attached hydrogens (tertiary/aromatic N) is 2. The fourth-order valence-electron chi connectivity index (χ4n) is 3.67. The van der Waals surface area contributed by atoms with Crippen molar-refractivity contribution in [2.45, 2.75) is 26.0 Å².